The SMILES string of the molecule is Cc1cccc(C)c1CC(=O)c1cc(Br)ccc1I. The monoisotopic (exact) mass is 428 g/mol. The van der Waals surface area contributed by atoms with Gasteiger partial charge in [0.15, 0.2) is 5.78 Å². The van der Waals surface area contributed by atoms with Crippen LogP contribution in [-0.2, 0) is 6.42 Å². The van der Waals surface area contributed by atoms with Crippen molar-refractivity contribution in [2.24, 2.45) is 0 Å². The van der Waals surface area contributed by atoms with E-state index in [4.69, 9.17) is 0 Å². The summed E-state index contributed by atoms with van der Waals surface area (Å²) in [5, 5.41) is 0. The van der Waals surface area contributed by atoms with E-state index in [9.17, 15) is 4.79 Å². The number of aryl methyl sites for hydroxylation is 2. The Kier molecular flexibility index (Phi) is 4.79. The van der Waals surface area contributed by atoms with Crippen molar-refractivity contribution in [1.29, 1.82) is 0 Å². The fraction of sp³-hybridized carbons (Fsp3) is 0.188. The second-order valence-electron chi connectivity index (χ2n) is 4.59. The molecule has 1 nitrogen and oxygen atoms in total. The largest absolute Gasteiger partial charge is 0.294 e. The van der Waals surface area contributed by atoms with Crippen molar-refractivity contribution in [2.45, 2.75) is 20.3 Å². The van der Waals surface area contributed by atoms with Gasteiger partial charge >= 0.3 is 0 Å². The Morgan fingerprint density at radius 3 is 2.42 bits per heavy atom. The van der Waals surface area contributed by atoms with Crippen LogP contribution in [0.2, 0.25) is 0 Å². The number of ketones is 1. The van der Waals surface area contributed by atoms with Gasteiger partial charge < -0.3 is 0 Å². The first kappa shape index (κ1) is 14.7. The van der Waals surface area contributed by atoms with Crippen LogP contribution in [0.25, 0.3) is 0 Å². The molecule has 0 fully saturated rings. The first-order chi connectivity index (χ1) is 8.99. The second-order valence-corrected chi connectivity index (χ2v) is 6.67. The number of carbonyl (C=O) groups is 1. The Hall–Kier alpha value is -0.680. The van der Waals surface area contributed by atoms with E-state index in [1.807, 2.05) is 24.3 Å². The molecule has 0 aliphatic heterocycles. The molecule has 2 aromatic rings. The molecule has 0 aliphatic rings. The van der Waals surface area contributed by atoms with Crippen LogP contribution in [0, 0.1) is 17.4 Å². The molecular formula is C16H14BrIO. The van der Waals surface area contributed by atoms with Gasteiger partial charge in [-0.2, -0.15) is 0 Å². The third-order valence-corrected chi connectivity index (χ3v) is 4.64. The van der Waals surface area contributed by atoms with Gasteiger partial charge in [0.05, 0.1) is 0 Å². The van der Waals surface area contributed by atoms with Crippen molar-refractivity contribution in [3.8, 4) is 0 Å². The Labute approximate surface area is 135 Å². The van der Waals surface area contributed by atoms with Gasteiger partial charge in [0, 0.05) is 20.0 Å². The summed E-state index contributed by atoms with van der Waals surface area (Å²) in [7, 11) is 0. The lowest BCUT2D eigenvalue weighted by atomic mass is 9.96. The van der Waals surface area contributed by atoms with Crippen LogP contribution in [0.4, 0.5) is 0 Å². The Morgan fingerprint density at radius 1 is 1.16 bits per heavy atom. The van der Waals surface area contributed by atoms with Crippen molar-refractivity contribution < 1.29 is 4.79 Å². The van der Waals surface area contributed by atoms with Gasteiger partial charge in [0.25, 0.3) is 0 Å². The summed E-state index contributed by atoms with van der Waals surface area (Å²) in [5.74, 6) is 0.170. The maximum atomic E-state index is 12.5. The lowest BCUT2D eigenvalue weighted by molar-refractivity contribution is 0.0991. The maximum Gasteiger partial charge on any atom is 0.168 e. The average molecular weight is 429 g/mol. The van der Waals surface area contributed by atoms with Gasteiger partial charge in [-0.15, -0.1) is 0 Å². The number of halogens is 2. The molecule has 2 aromatic carbocycles. The van der Waals surface area contributed by atoms with Gasteiger partial charge in [-0.25, -0.2) is 0 Å². The van der Waals surface area contributed by atoms with Crippen LogP contribution in [0.3, 0.4) is 0 Å². The molecule has 0 unspecified atom stereocenters. The van der Waals surface area contributed by atoms with Crippen molar-refractivity contribution in [3.05, 3.63) is 66.7 Å². The molecule has 0 N–H and O–H groups in total. The highest BCUT2D eigenvalue weighted by Gasteiger charge is 2.13. The molecule has 0 saturated carbocycles. The molecule has 0 heterocycles. The molecule has 0 radical (unpaired) electrons. The van der Waals surface area contributed by atoms with E-state index in [-0.39, 0.29) is 5.78 Å². The van der Waals surface area contributed by atoms with Crippen LogP contribution in [-0.4, -0.2) is 5.78 Å². The van der Waals surface area contributed by atoms with Crippen LogP contribution < -0.4 is 0 Å². The number of benzene rings is 2. The van der Waals surface area contributed by atoms with E-state index in [0.29, 0.717) is 6.42 Å². The summed E-state index contributed by atoms with van der Waals surface area (Å²) >= 11 is 5.63. The Morgan fingerprint density at radius 2 is 1.79 bits per heavy atom. The van der Waals surface area contributed by atoms with Crippen LogP contribution in [0.1, 0.15) is 27.0 Å². The molecule has 0 aromatic heterocycles. The Balaban J connectivity index is 2.34. The van der Waals surface area contributed by atoms with Crippen molar-refractivity contribution in [3.63, 3.8) is 0 Å². The highest BCUT2D eigenvalue weighted by molar-refractivity contribution is 14.1. The van der Waals surface area contributed by atoms with Gasteiger partial charge in [0.2, 0.25) is 0 Å². The summed E-state index contributed by atoms with van der Waals surface area (Å²) in [4.78, 5) is 12.5. The third kappa shape index (κ3) is 3.45. The highest BCUT2D eigenvalue weighted by atomic mass is 127. The molecule has 98 valence electrons. The zero-order chi connectivity index (χ0) is 14.0. The normalized spacial score (nSPS) is 10.5. The summed E-state index contributed by atoms with van der Waals surface area (Å²) < 4.78 is 1.94. The smallest absolute Gasteiger partial charge is 0.168 e. The minimum Gasteiger partial charge on any atom is -0.294 e. The summed E-state index contributed by atoms with van der Waals surface area (Å²) in [6, 6.07) is 12.0. The van der Waals surface area contributed by atoms with Gasteiger partial charge in [-0.05, 0) is 71.3 Å². The first-order valence-corrected chi connectivity index (χ1v) is 7.89. The van der Waals surface area contributed by atoms with E-state index in [1.165, 1.54) is 11.1 Å². The summed E-state index contributed by atoms with van der Waals surface area (Å²) in [6.45, 7) is 4.11. The zero-order valence-corrected chi connectivity index (χ0v) is 14.6. The first-order valence-electron chi connectivity index (χ1n) is 6.02. The summed E-state index contributed by atoms with van der Waals surface area (Å²) in [5.41, 5.74) is 4.29. The molecule has 0 atom stereocenters. The van der Waals surface area contributed by atoms with Crippen molar-refractivity contribution in [2.75, 3.05) is 0 Å². The molecule has 0 aliphatic carbocycles. The van der Waals surface area contributed by atoms with Crippen LogP contribution in [0.5, 0.6) is 0 Å². The van der Waals surface area contributed by atoms with Crippen LogP contribution >= 0.6 is 38.5 Å². The highest BCUT2D eigenvalue weighted by Crippen LogP contribution is 2.22. The molecule has 0 bridgehead atoms. The fourth-order valence-electron chi connectivity index (χ4n) is 2.09. The van der Waals surface area contributed by atoms with Crippen molar-refractivity contribution in [1.82, 2.24) is 0 Å². The zero-order valence-electron chi connectivity index (χ0n) is 10.8. The predicted octanol–water partition coefficient (Wildman–Crippen LogP) is 5.10. The molecule has 3 heteroatoms. The van der Waals surface area contributed by atoms with E-state index >= 15 is 0 Å². The van der Waals surface area contributed by atoms with E-state index < -0.39 is 0 Å². The topological polar surface area (TPSA) is 17.1 Å². The molecule has 19 heavy (non-hydrogen) atoms. The second kappa shape index (κ2) is 6.18. The molecule has 0 saturated heterocycles. The Bertz CT molecular complexity index is 614. The number of carbonyl (C=O) groups excluding carboxylic acids is 1. The predicted molar refractivity (Wildman–Crippen MR) is 90.8 cm³/mol. The van der Waals surface area contributed by atoms with Crippen LogP contribution in [0.15, 0.2) is 40.9 Å². The quantitative estimate of drug-likeness (QED) is 0.491. The molecule has 0 spiro atoms. The van der Waals surface area contributed by atoms with E-state index in [2.05, 4.69) is 64.5 Å². The number of hydrogen-bond donors (Lipinski definition) is 0. The molecule has 0 amide bonds. The minimum absolute atomic E-state index is 0.170. The standard InChI is InChI=1S/C16H14BrIO/c1-10-4-3-5-11(2)13(10)9-16(19)14-8-12(17)6-7-15(14)18/h3-8H,9H2,1-2H3. The summed E-state index contributed by atoms with van der Waals surface area (Å²) in [6.07, 6.45) is 0.463. The number of hydrogen-bond acceptors (Lipinski definition) is 1. The van der Waals surface area contributed by atoms with Gasteiger partial charge in [-0.1, -0.05) is 34.1 Å². The van der Waals surface area contributed by atoms with Gasteiger partial charge in [-0.3, -0.25) is 4.79 Å². The number of rotatable bonds is 3. The maximum absolute atomic E-state index is 12.5. The lowest BCUT2D eigenvalue weighted by Crippen LogP contribution is -2.08. The van der Waals surface area contributed by atoms with Gasteiger partial charge in [0.1, 0.15) is 0 Å². The lowest BCUT2D eigenvalue weighted by Gasteiger charge is -2.10. The van der Waals surface area contributed by atoms with Crippen molar-refractivity contribution >= 4 is 44.3 Å². The van der Waals surface area contributed by atoms with E-state index in [1.54, 1.807) is 0 Å². The molecular weight excluding hydrogens is 415 g/mol. The molecule has 2 rings (SSSR count). The van der Waals surface area contributed by atoms with E-state index in [0.717, 1.165) is 19.2 Å². The average Bonchev–Trinajstić information content (AvgIpc) is 2.37. The number of Topliss-reactive ketones (excluding diaryl/α,β-unsaturated/α-hetero) is 1. The fourth-order valence-corrected chi connectivity index (χ4v) is 3.09. The third-order valence-electron chi connectivity index (χ3n) is 3.21. The minimum atomic E-state index is 0.170.